The Hall–Kier alpha value is -2.08. The van der Waals surface area contributed by atoms with Crippen LogP contribution in [0.25, 0.3) is 0 Å². The van der Waals surface area contributed by atoms with E-state index in [2.05, 4.69) is 4.90 Å². The van der Waals surface area contributed by atoms with E-state index in [9.17, 15) is 9.59 Å². The summed E-state index contributed by atoms with van der Waals surface area (Å²) in [6, 6.07) is 11.7. The van der Waals surface area contributed by atoms with Gasteiger partial charge in [0.15, 0.2) is 0 Å². The van der Waals surface area contributed by atoms with E-state index in [1.54, 1.807) is 13.1 Å². The van der Waals surface area contributed by atoms with Gasteiger partial charge in [0.25, 0.3) is 5.91 Å². The first-order valence-electron chi connectivity index (χ1n) is 9.83. The second-order valence-corrected chi connectivity index (χ2v) is 8.94. The summed E-state index contributed by atoms with van der Waals surface area (Å²) >= 11 is 12.9. The van der Waals surface area contributed by atoms with E-state index in [-0.39, 0.29) is 24.4 Å². The Morgan fingerprint density at radius 2 is 1.76 bits per heavy atom. The number of halogens is 2. The highest BCUT2D eigenvalue weighted by molar-refractivity contribution is 6.35. The molecule has 1 saturated carbocycles. The molecule has 5 rings (SSSR count). The molecule has 1 atom stereocenters. The number of urea groups is 1. The van der Waals surface area contributed by atoms with Gasteiger partial charge in [-0.1, -0.05) is 41.4 Å². The highest BCUT2D eigenvalue weighted by Crippen LogP contribution is 2.44. The lowest BCUT2D eigenvalue weighted by atomic mass is 9.83. The highest BCUT2D eigenvalue weighted by atomic mass is 35.5. The average molecular weight is 430 g/mol. The molecule has 1 aliphatic carbocycles. The average Bonchev–Trinajstić information content (AvgIpc) is 3.49. The number of rotatable bonds is 3. The van der Waals surface area contributed by atoms with Crippen molar-refractivity contribution in [2.24, 2.45) is 0 Å². The lowest BCUT2D eigenvalue weighted by Gasteiger charge is -2.37. The third kappa shape index (κ3) is 3.21. The number of amides is 3. The number of likely N-dealkylation sites (N-methyl/N-ethyl adjacent to an activating group) is 1. The van der Waals surface area contributed by atoms with Crippen molar-refractivity contribution in [3.63, 3.8) is 0 Å². The molecule has 0 unspecified atom stereocenters. The first-order chi connectivity index (χ1) is 13.9. The SMILES string of the molecule is CN1CC(=O)N(c2ccccc2[C@@H]2CN(C3CC3)Cc3c(Cl)cc(Cl)cc32)C1=O. The van der Waals surface area contributed by atoms with Crippen LogP contribution in [-0.2, 0) is 11.3 Å². The van der Waals surface area contributed by atoms with Gasteiger partial charge in [-0.15, -0.1) is 0 Å². The summed E-state index contributed by atoms with van der Waals surface area (Å²) < 4.78 is 0. The zero-order chi connectivity index (χ0) is 20.3. The van der Waals surface area contributed by atoms with Crippen molar-refractivity contribution in [3.8, 4) is 0 Å². The number of fused-ring (bicyclic) bond motifs is 1. The lowest BCUT2D eigenvalue weighted by molar-refractivity contribution is -0.116. The zero-order valence-electron chi connectivity index (χ0n) is 16.1. The van der Waals surface area contributed by atoms with Crippen LogP contribution in [0.3, 0.4) is 0 Å². The predicted molar refractivity (Wildman–Crippen MR) is 114 cm³/mol. The van der Waals surface area contributed by atoms with Gasteiger partial charge >= 0.3 is 6.03 Å². The van der Waals surface area contributed by atoms with Crippen LogP contribution in [0.1, 0.15) is 35.4 Å². The van der Waals surface area contributed by atoms with Crippen molar-refractivity contribution in [1.82, 2.24) is 9.80 Å². The molecule has 2 aromatic rings. The van der Waals surface area contributed by atoms with Crippen LogP contribution in [0.5, 0.6) is 0 Å². The third-order valence-electron chi connectivity index (χ3n) is 6.10. The van der Waals surface area contributed by atoms with Gasteiger partial charge in [0.2, 0.25) is 0 Å². The van der Waals surface area contributed by atoms with Gasteiger partial charge in [0, 0.05) is 42.1 Å². The van der Waals surface area contributed by atoms with E-state index in [0.717, 1.165) is 29.8 Å². The van der Waals surface area contributed by atoms with Crippen LogP contribution in [0.15, 0.2) is 36.4 Å². The molecule has 2 aromatic carbocycles. The van der Waals surface area contributed by atoms with Crippen molar-refractivity contribution in [2.45, 2.75) is 31.3 Å². The molecule has 7 heteroatoms. The Bertz CT molecular complexity index is 1020. The summed E-state index contributed by atoms with van der Waals surface area (Å²) in [5.41, 5.74) is 3.77. The third-order valence-corrected chi connectivity index (χ3v) is 6.66. The largest absolute Gasteiger partial charge is 0.331 e. The molecule has 3 aliphatic rings. The number of carbonyl (C=O) groups is 2. The second kappa shape index (κ2) is 7.01. The molecular formula is C22H21Cl2N3O2. The fraction of sp³-hybridized carbons (Fsp3) is 0.364. The van der Waals surface area contributed by atoms with Gasteiger partial charge in [-0.05, 0) is 47.7 Å². The molecule has 0 aromatic heterocycles. The summed E-state index contributed by atoms with van der Waals surface area (Å²) in [4.78, 5) is 30.5. The van der Waals surface area contributed by atoms with Crippen molar-refractivity contribution in [1.29, 1.82) is 0 Å². The second-order valence-electron chi connectivity index (χ2n) is 8.10. The van der Waals surface area contributed by atoms with Crippen molar-refractivity contribution in [2.75, 3.05) is 25.0 Å². The molecule has 0 spiro atoms. The predicted octanol–water partition coefficient (Wildman–Crippen LogP) is 4.50. The van der Waals surface area contributed by atoms with Crippen LogP contribution in [-0.4, -0.2) is 47.9 Å². The van der Waals surface area contributed by atoms with Crippen molar-refractivity contribution >= 4 is 40.8 Å². The molecular weight excluding hydrogens is 409 g/mol. The lowest BCUT2D eigenvalue weighted by Crippen LogP contribution is -2.37. The maximum absolute atomic E-state index is 12.7. The molecule has 0 N–H and O–H groups in total. The van der Waals surface area contributed by atoms with Crippen LogP contribution < -0.4 is 4.90 Å². The van der Waals surface area contributed by atoms with Crippen molar-refractivity contribution in [3.05, 3.63) is 63.1 Å². The van der Waals surface area contributed by atoms with Crippen LogP contribution in [0, 0.1) is 0 Å². The smallest absolute Gasteiger partial charge is 0.318 e. The summed E-state index contributed by atoms with van der Waals surface area (Å²) in [6.07, 6.45) is 2.39. The Balaban J connectivity index is 1.65. The maximum atomic E-state index is 12.7. The summed E-state index contributed by atoms with van der Waals surface area (Å²) in [5.74, 6) is -0.220. The van der Waals surface area contributed by atoms with Crippen LogP contribution >= 0.6 is 23.2 Å². The quantitative estimate of drug-likeness (QED) is 0.674. The number of hydrogen-bond acceptors (Lipinski definition) is 3. The summed E-state index contributed by atoms with van der Waals surface area (Å²) in [5, 5.41) is 1.28. The Morgan fingerprint density at radius 1 is 1.00 bits per heavy atom. The molecule has 2 heterocycles. The zero-order valence-corrected chi connectivity index (χ0v) is 17.6. The maximum Gasteiger partial charge on any atom is 0.331 e. The van der Waals surface area contributed by atoms with Gasteiger partial charge in [-0.3, -0.25) is 9.69 Å². The molecule has 2 fully saturated rings. The Labute approximate surface area is 179 Å². The molecule has 0 radical (unpaired) electrons. The van der Waals surface area contributed by atoms with Gasteiger partial charge in [0.1, 0.15) is 6.54 Å². The van der Waals surface area contributed by atoms with Crippen LogP contribution in [0.4, 0.5) is 10.5 Å². The van der Waals surface area contributed by atoms with Gasteiger partial charge in [-0.25, -0.2) is 9.69 Å². The monoisotopic (exact) mass is 429 g/mol. The van der Waals surface area contributed by atoms with E-state index in [1.807, 2.05) is 30.3 Å². The first-order valence-corrected chi connectivity index (χ1v) is 10.6. The molecule has 2 aliphatic heterocycles. The molecule has 0 bridgehead atoms. The number of para-hydroxylation sites is 1. The van der Waals surface area contributed by atoms with Crippen LogP contribution in [0.2, 0.25) is 10.0 Å². The molecule has 5 nitrogen and oxygen atoms in total. The summed E-state index contributed by atoms with van der Waals surface area (Å²) in [7, 11) is 1.65. The minimum atomic E-state index is -0.290. The number of benzene rings is 2. The molecule has 1 saturated heterocycles. The molecule has 29 heavy (non-hydrogen) atoms. The molecule has 3 amide bonds. The van der Waals surface area contributed by atoms with E-state index >= 15 is 0 Å². The van der Waals surface area contributed by atoms with Gasteiger partial charge in [-0.2, -0.15) is 0 Å². The number of carbonyl (C=O) groups excluding carboxylic acids is 2. The highest BCUT2D eigenvalue weighted by Gasteiger charge is 2.40. The van der Waals surface area contributed by atoms with E-state index in [4.69, 9.17) is 23.2 Å². The van der Waals surface area contributed by atoms with Gasteiger partial charge < -0.3 is 4.90 Å². The van der Waals surface area contributed by atoms with Crippen molar-refractivity contribution < 1.29 is 9.59 Å². The molecule has 150 valence electrons. The van der Waals surface area contributed by atoms with E-state index in [1.165, 1.54) is 22.6 Å². The normalized spacial score (nSPS) is 22.4. The number of nitrogens with zero attached hydrogens (tertiary/aromatic N) is 3. The topological polar surface area (TPSA) is 43.9 Å². The number of anilines is 1. The first kappa shape index (κ1) is 18.9. The van der Waals surface area contributed by atoms with E-state index in [0.29, 0.717) is 21.8 Å². The summed E-state index contributed by atoms with van der Waals surface area (Å²) in [6.45, 7) is 1.72. The number of imide groups is 1. The number of hydrogen-bond donors (Lipinski definition) is 0. The fourth-order valence-corrected chi connectivity index (χ4v) is 5.10. The van der Waals surface area contributed by atoms with E-state index < -0.39 is 0 Å². The minimum absolute atomic E-state index is 0.0155. The minimum Gasteiger partial charge on any atom is -0.318 e. The standard InChI is InChI=1S/C22H21Cl2N3O2/c1-25-12-21(28)27(22(25)29)20-5-3-2-4-15(20)17-10-26(14-6-7-14)11-18-16(17)8-13(23)9-19(18)24/h2-5,8-9,14,17H,6-7,10-12H2,1H3/t17-/m0/s1. The Morgan fingerprint density at radius 3 is 2.45 bits per heavy atom. The Kier molecular flexibility index (Phi) is 4.57. The van der Waals surface area contributed by atoms with Gasteiger partial charge in [0.05, 0.1) is 5.69 Å². The fourth-order valence-electron chi connectivity index (χ4n) is 4.53.